The molecule has 1 aliphatic rings. The lowest BCUT2D eigenvalue weighted by Gasteiger charge is -2.22. The highest BCUT2D eigenvalue weighted by Gasteiger charge is 2.26. The minimum absolute atomic E-state index is 0.215. The van der Waals surface area contributed by atoms with E-state index < -0.39 is 0 Å². The molecular weight excluding hydrogens is 330 g/mol. The molecule has 1 fully saturated rings. The summed E-state index contributed by atoms with van der Waals surface area (Å²) in [6.07, 6.45) is 6.39. The maximum atomic E-state index is 12.1. The Hall–Kier alpha value is -2.07. The van der Waals surface area contributed by atoms with Crippen LogP contribution in [0.15, 0.2) is 36.4 Å². The zero-order chi connectivity index (χ0) is 17.2. The van der Waals surface area contributed by atoms with E-state index in [1.807, 2.05) is 19.1 Å². The van der Waals surface area contributed by atoms with E-state index in [1.165, 1.54) is 65.6 Å². The summed E-state index contributed by atoms with van der Waals surface area (Å²) in [6.45, 7) is 2.26. The molecule has 0 atom stereocenters. The Morgan fingerprint density at radius 2 is 1.96 bits per heavy atom. The lowest BCUT2D eigenvalue weighted by molar-refractivity contribution is 0.0532. The fraction of sp³-hybridized carbons (Fsp3) is 0.381. The third kappa shape index (κ3) is 3.11. The van der Waals surface area contributed by atoms with Gasteiger partial charge in [0.15, 0.2) is 0 Å². The van der Waals surface area contributed by atoms with Crippen molar-refractivity contribution in [2.24, 2.45) is 0 Å². The summed E-state index contributed by atoms with van der Waals surface area (Å²) >= 11 is 1.51. The molecule has 3 aromatic rings. The van der Waals surface area contributed by atoms with Crippen LogP contribution >= 0.6 is 11.3 Å². The van der Waals surface area contributed by atoms with Crippen LogP contribution in [0.3, 0.4) is 0 Å². The topological polar surface area (TPSA) is 42.1 Å². The minimum atomic E-state index is -0.215. The van der Waals surface area contributed by atoms with E-state index >= 15 is 0 Å². The quantitative estimate of drug-likeness (QED) is 0.574. The molecule has 0 unspecified atom stereocenters. The second-order valence-corrected chi connectivity index (χ2v) is 7.74. The number of nitrogens with one attached hydrogen (secondary N) is 1. The number of ether oxygens (including phenoxy) is 1. The number of benzene rings is 1. The Bertz CT molecular complexity index is 872. The Morgan fingerprint density at radius 1 is 1.20 bits per heavy atom. The second kappa shape index (κ2) is 7.04. The molecule has 2 heterocycles. The van der Waals surface area contributed by atoms with Gasteiger partial charge in [0.25, 0.3) is 0 Å². The van der Waals surface area contributed by atoms with Crippen LogP contribution < -0.4 is 0 Å². The smallest absolute Gasteiger partial charge is 0.348 e. The van der Waals surface area contributed by atoms with Crippen LogP contribution in [-0.4, -0.2) is 17.6 Å². The van der Waals surface area contributed by atoms with E-state index in [-0.39, 0.29) is 5.97 Å². The summed E-state index contributed by atoms with van der Waals surface area (Å²) in [7, 11) is 0. The van der Waals surface area contributed by atoms with E-state index in [0.717, 1.165) is 4.83 Å². The second-order valence-electron chi connectivity index (χ2n) is 6.69. The van der Waals surface area contributed by atoms with E-state index in [0.29, 0.717) is 17.4 Å². The number of fused-ring (bicyclic) bond motifs is 1. The number of carbonyl (C=O) groups is 1. The molecule has 4 rings (SSSR count). The molecule has 0 amide bonds. The summed E-state index contributed by atoms with van der Waals surface area (Å²) < 4.78 is 5.18. The first-order valence-electron chi connectivity index (χ1n) is 9.16. The van der Waals surface area contributed by atoms with Gasteiger partial charge in [0.2, 0.25) is 0 Å². The van der Waals surface area contributed by atoms with Crippen molar-refractivity contribution in [1.29, 1.82) is 0 Å². The molecular formula is C21H23NO2S. The van der Waals surface area contributed by atoms with Gasteiger partial charge in [-0.2, -0.15) is 0 Å². The SMILES string of the molecule is CCOC(=O)c1cc2c(C3CCCCC3)c(-c3ccccc3)[nH]c2s1. The first-order valence-corrected chi connectivity index (χ1v) is 9.97. The van der Waals surface area contributed by atoms with Gasteiger partial charge in [-0.15, -0.1) is 11.3 Å². The van der Waals surface area contributed by atoms with Crippen molar-refractivity contribution >= 4 is 27.5 Å². The molecule has 1 aliphatic carbocycles. The van der Waals surface area contributed by atoms with Gasteiger partial charge in [-0.3, -0.25) is 0 Å². The average molecular weight is 353 g/mol. The van der Waals surface area contributed by atoms with E-state index in [4.69, 9.17) is 4.74 Å². The number of carbonyl (C=O) groups excluding carboxylic acids is 1. The number of hydrogen-bond donors (Lipinski definition) is 1. The lowest BCUT2D eigenvalue weighted by atomic mass is 9.82. The van der Waals surface area contributed by atoms with Crippen molar-refractivity contribution < 1.29 is 9.53 Å². The minimum Gasteiger partial charge on any atom is -0.462 e. The summed E-state index contributed by atoms with van der Waals surface area (Å²) in [5.74, 6) is 0.357. The molecule has 3 nitrogen and oxygen atoms in total. The third-order valence-electron chi connectivity index (χ3n) is 5.08. The Balaban J connectivity index is 1.84. The highest BCUT2D eigenvalue weighted by molar-refractivity contribution is 7.20. The molecule has 0 bridgehead atoms. The molecule has 0 aliphatic heterocycles. The van der Waals surface area contributed by atoms with Gasteiger partial charge in [0.05, 0.1) is 12.3 Å². The molecule has 1 N–H and O–H groups in total. The zero-order valence-electron chi connectivity index (χ0n) is 14.5. The van der Waals surface area contributed by atoms with Crippen LogP contribution in [0.4, 0.5) is 0 Å². The maximum Gasteiger partial charge on any atom is 0.348 e. The van der Waals surface area contributed by atoms with Crippen molar-refractivity contribution in [1.82, 2.24) is 4.98 Å². The molecule has 130 valence electrons. The molecule has 1 saturated carbocycles. The molecule has 25 heavy (non-hydrogen) atoms. The summed E-state index contributed by atoms with van der Waals surface area (Å²) in [4.78, 5) is 17.5. The first kappa shape index (κ1) is 16.4. The van der Waals surface area contributed by atoms with Gasteiger partial charge in [0.1, 0.15) is 9.71 Å². The number of aromatic amines is 1. The number of thiophene rings is 1. The summed E-state index contributed by atoms with van der Waals surface area (Å²) in [5, 5.41) is 1.21. The number of rotatable bonds is 4. The van der Waals surface area contributed by atoms with Crippen LogP contribution in [0.5, 0.6) is 0 Å². The molecule has 0 radical (unpaired) electrons. The fourth-order valence-corrected chi connectivity index (χ4v) is 4.92. The Labute approximate surface area is 152 Å². The van der Waals surface area contributed by atoms with Crippen LogP contribution in [0.1, 0.15) is 60.2 Å². The Kier molecular flexibility index (Phi) is 4.62. The number of aromatic nitrogens is 1. The van der Waals surface area contributed by atoms with Crippen LogP contribution in [0.25, 0.3) is 21.5 Å². The number of esters is 1. The van der Waals surface area contributed by atoms with Gasteiger partial charge in [0, 0.05) is 5.39 Å². The molecule has 0 saturated heterocycles. The van der Waals surface area contributed by atoms with Gasteiger partial charge in [-0.25, -0.2) is 4.79 Å². The summed E-state index contributed by atoms with van der Waals surface area (Å²) in [6, 6.07) is 12.6. The predicted molar refractivity (Wildman–Crippen MR) is 103 cm³/mol. The Morgan fingerprint density at radius 3 is 2.68 bits per heavy atom. The van der Waals surface area contributed by atoms with Gasteiger partial charge in [-0.1, -0.05) is 49.6 Å². The highest BCUT2D eigenvalue weighted by Crippen LogP contribution is 2.44. The van der Waals surface area contributed by atoms with Crippen molar-refractivity contribution in [3.05, 3.63) is 46.8 Å². The van der Waals surface area contributed by atoms with Crippen molar-refractivity contribution in [3.8, 4) is 11.3 Å². The van der Waals surface area contributed by atoms with Gasteiger partial charge in [-0.05, 0) is 42.9 Å². The third-order valence-corrected chi connectivity index (χ3v) is 6.11. The van der Waals surface area contributed by atoms with Crippen molar-refractivity contribution in [2.75, 3.05) is 6.61 Å². The first-order chi connectivity index (χ1) is 12.3. The van der Waals surface area contributed by atoms with Crippen LogP contribution in [-0.2, 0) is 4.74 Å². The fourth-order valence-electron chi connectivity index (χ4n) is 3.95. The lowest BCUT2D eigenvalue weighted by Crippen LogP contribution is -2.05. The van der Waals surface area contributed by atoms with Gasteiger partial charge >= 0.3 is 5.97 Å². The van der Waals surface area contributed by atoms with Crippen LogP contribution in [0.2, 0.25) is 0 Å². The van der Waals surface area contributed by atoms with Crippen molar-refractivity contribution in [2.45, 2.75) is 44.9 Å². The monoisotopic (exact) mass is 353 g/mol. The number of H-pyrrole nitrogens is 1. The van der Waals surface area contributed by atoms with Gasteiger partial charge < -0.3 is 9.72 Å². The zero-order valence-corrected chi connectivity index (χ0v) is 15.3. The van der Waals surface area contributed by atoms with E-state index in [2.05, 4.69) is 29.2 Å². The highest BCUT2D eigenvalue weighted by atomic mass is 32.1. The largest absolute Gasteiger partial charge is 0.462 e. The van der Waals surface area contributed by atoms with Crippen LogP contribution in [0, 0.1) is 0 Å². The number of hydrogen-bond acceptors (Lipinski definition) is 3. The standard InChI is InChI=1S/C21H23NO2S/c1-2-24-21(23)17-13-16-18(14-9-5-3-6-10-14)19(22-20(16)25-17)15-11-7-4-8-12-15/h4,7-8,11-14,22H,2-3,5-6,9-10H2,1H3. The molecule has 0 spiro atoms. The summed E-state index contributed by atoms with van der Waals surface area (Å²) in [5.41, 5.74) is 3.85. The molecule has 2 aromatic heterocycles. The predicted octanol–water partition coefficient (Wildman–Crippen LogP) is 6.12. The molecule has 1 aromatic carbocycles. The van der Waals surface area contributed by atoms with E-state index in [1.54, 1.807) is 0 Å². The maximum absolute atomic E-state index is 12.1. The van der Waals surface area contributed by atoms with E-state index in [9.17, 15) is 4.79 Å². The van der Waals surface area contributed by atoms with Crippen molar-refractivity contribution in [3.63, 3.8) is 0 Å². The normalized spacial score (nSPS) is 15.6. The molecule has 4 heteroatoms. The average Bonchev–Trinajstić information content (AvgIpc) is 3.21.